The molecule has 3 aromatic heterocycles. The third kappa shape index (κ3) is 1.89. The van der Waals surface area contributed by atoms with Crippen molar-refractivity contribution in [3.63, 3.8) is 0 Å². The van der Waals surface area contributed by atoms with Crippen LogP contribution in [0.4, 0.5) is 0 Å². The van der Waals surface area contributed by atoms with Gasteiger partial charge < -0.3 is 5.73 Å². The largest absolute Gasteiger partial charge is 0.324 e. The van der Waals surface area contributed by atoms with Gasteiger partial charge in [0.05, 0.1) is 11.4 Å². The lowest BCUT2D eigenvalue weighted by molar-refractivity contribution is 0.816. The van der Waals surface area contributed by atoms with E-state index < -0.39 is 0 Å². The summed E-state index contributed by atoms with van der Waals surface area (Å²) in [6.07, 6.45) is 1.78. The number of fused-ring (bicyclic) bond motifs is 1. The average molecular weight is 255 g/mol. The Morgan fingerprint density at radius 3 is 2.89 bits per heavy atom. The first-order valence-corrected chi connectivity index (χ1v) is 6.69. The molecule has 0 unspecified atom stereocenters. The minimum Gasteiger partial charge on any atom is -0.324 e. The van der Waals surface area contributed by atoms with Gasteiger partial charge in [0.2, 0.25) is 0 Å². The highest BCUT2D eigenvalue weighted by molar-refractivity contribution is 7.16. The predicted molar refractivity (Wildman–Crippen MR) is 75.5 cm³/mol. The third-order valence-electron chi connectivity index (χ3n) is 2.87. The van der Waals surface area contributed by atoms with E-state index >= 15 is 0 Å². The van der Waals surface area contributed by atoms with E-state index in [1.807, 2.05) is 30.5 Å². The summed E-state index contributed by atoms with van der Waals surface area (Å²) in [5, 5.41) is 3.19. The minimum atomic E-state index is -0.0567. The van der Waals surface area contributed by atoms with E-state index in [0.29, 0.717) is 0 Å². The van der Waals surface area contributed by atoms with Gasteiger partial charge in [-0.3, -0.25) is 4.98 Å². The van der Waals surface area contributed by atoms with Gasteiger partial charge in [0.25, 0.3) is 0 Å². The Kier molecular flexibility index (Phi) is 2.81. The Balaban J connectivity index is 2.28. The molecule has 0 aromatic carbocycles. The molecule has 18 heavy (non-hydrogen) atoms. The summed E-state index contributed by atoms with van der Waals surface area (Å²) < 4.78 is 0. The van der Waals surface area contributed by atoms with E-state index in [-0.39, 0.29) is 6.04 Å². The summed E-state index contributed by atoms with van der Waals surface area (Å²) >= 11 is 1.64. The number of aromatic nitrogens is 2. The Morgan fingerprint density at radius 2 is 2.17 bits per heavy atom. The molecule has 4 heteroatoms. The second-order valence-electron chi connectivity index (χ2n) is 4.24. The van der Waals surface area contributed by atoms with E-state index in [2.05, 4.69) is 17.1 Å². The lowest BCUT2D eigenvalue weighted by Crippen LogP contribution is -2.08. The maximum absolute atomic E-state index is 6.05. The number of hydrogen-bond donors (Lipinski definition) is 1. The number of nitrogens with zero attached hydrogens (tertiary/aromatic N) is 2. The highest BCUT2D eigenvalue weighted by Gasteiger charge is 2.13. The fraction of sp³-hybridized carbons (Fsp3) is 0.143. The quantitative estimate of drug-likeness (QED) is 0.763. The molecule has 0 bridgehead atoms. The topological polar surface area (TPSA) is 51.8 Å². The van der Waals surface area contributed by atoms with Crippen LogP contribution in [-0.2, 0) is 0 Å². The molecule has 1 atom stereocenters. The third-order valence-corrected chi connectivity index (χ3v) is 3.69. The van der Waals surface area contributed by atoms with E-state index in [1.54, 1.807) is 17.5 Å². The van der Waals surface area contributed by atoms with Gasteiger partial charge in [-0.25, -0.2) is 4.98 Å². The van der Waals surface area contributed by atoms with Crippen LogP contribution in [0.25, 0.3) is 21.6 Å². The maximum atomic E-state index is 6.05. The highest BCUT2D eigenvalue weighted by atomic mass is 32.1. The molecule has 0 aliphatic rings. The van der Waals surface area contributed by atoms with E-state index in [1.165, 1.54) is 0 Å². The van der Waals surface area contributed by atoms with Crippen LogP contribution < -0.4 is 5.73 Å². The molecule has 0 saturated carbocycles. The molecule has 0 radical (unpaired) electrons. The standard InChI is InChI=1S/C14H13N3S/c1-9(15)11-8-10-5-7-18-14(10)17-13(11)12-4-2-3-6-16-12/h2-9H,15H2,1H3/t9-/m1/s1. The van der Waals surface area contributed by atoms with Crippen molar-refractivity contribution < 1.29 is 0 Å². The van der Waals surface area contributed by atoms with Gasteiger partial charge in [-0.05, 0) is 42.1 Å². The summed E-state index contributed by atoms with van der Waals surface area (Å²) in [7, 11) is 0. The van der Waals surface area contributed by atoms with E-state index in [0.717, 1.165) is 27.2 Å². The number of nitrogens with two attached hydrogens (primary N) is 1. The highest BCUT2D eigenvalue weighted by Crippen LogP contribution is 2.29. The van der Waals surface area contributed by atoms with Crippen LogP contribution in [0.3, 0.4) is 0 Å². The normalized spacial score (nSPS) is 12.8. The van der Waals surface area contributed by atoms with Crippen molar-refractivity contribution >= 4 is 21.6 Å². The number of rotatable bonds is 2. The van der Waals surface area contributed by atoms with Crippen molar-refractivity contribution in [2.75, 3.05) is 0 Å². The Morgan fingerprint density at radius 1 is 1.28 bits per heavy atom. The van der Waals surface area contributed by atoms with Crippen molar-refractivity contribution in [1.82, 2.24) is 9.97 Å². The molecule has 3 rings (SSSR count). The van der Waals surface area contributed by atoms with Gasteiger partial charge >= 0.3 is 0 Å². The SMILES string of the molecule is C[C@@H](N)c1cc2ccsc2nc1-c1ccccn1. The molecule has 90 valence electrons. The molecule has 0 saturated heterocycles. The van der Waals surface area contributed by atoms with Crippen LogP contribution >= 0.6 is 11.3 Å². The fourth-order valence-electron chi connectivity index (χ4n) is 1.97. The molecule has 0 fully saturated rings. The van der Waals surface area contributed by atoms with Crippen LogP contribution in [0.5, 0.6) is 0 Å². The van der Waals surface area contributed by atoms with Gasteiger partial charge in [0.1, 0.15) is 4.83 Å². The van der Waals surface area contributed by atoms with Crippen LogP contribution in [0.2, 0.25) is 0 Å². The second kappa shape index (κ2) is 4.48. The van der Waals surface area contributed by atoms with E-state index in [4.69, 9.17) is 10.7 Å². The summed E-state index contributed by atoms with van der Waals surface area (Å²) in [5.74, 6) is 0. The lowest BCUT2D eigenvalue weighted by Gasteiger charge is -2.11. The van der Waals surface area contributed by atoms with Gasteiger partial charge in [-0.2, -0.15) is 0 Å². The van der Waals surface area contributed by atoms with Crippen molar-refractivity contribution in [3.8, 4) is 11.4 Å². The lowest BCUT2D eigenvalue weighted by atomic mass is 10.0. The van der Waals surface area contributed by atoms with Crippen molar-refractivity contribution in [1.29, 1.82) is 0 Å². The van der Waals surface area contributed by atoms with Crippen LogP contribution in [0.1, 0.15) is 18.5 Å². The van der Waals surface area contributed by atoms with Crippen LogP contribution in [0, 0.1) is 0 Å². The molecule has 0 aliphatic heterocycles. The smallest absolute Gasteiger partial charge is 0.124 e. The van der Waals surface area contributed by atoms with Crippen molar-refractivity contribution in [2.45, 2.75) is 13.0 Å². The number of hydrogen-bond acceptors (Lipinski definition) is 4. The molecule has 3 nitrogen and oxygen atoms in total. The Labute approximate surface area is 109 Å². The first kappa shape index (κ1) is 11.3. The molecule has 2 N–H and O–H groups in total. The fourth-order valence-corrected chi connectivity index (χ4v) is 2.72. The minimum absolute atomic E-state index is 0.0567. The zero-order chi connectivity index (χ0) is 12.5. The zero-order valence-electron chi connectivity index (χ0n) is 10.00. The molecule has 0 amide bonds. The molecule has 3 heterocycles. The first-order valence-electron chi connectivity index (χ1n) is 5.81. The zero-order valence-corrected chi connectivity index (χ0v) is 10.8. The summed E-state index contributed by atoms with van der Waals surface area (Å²) in [5.41, 5.74) is 8.85. The Hall–Kier alpha value is -1.78. The van der Waals surface area contributed by atoms with Crippen molar-refractivity contribution in [2.24, 2.45) is 5.73 Å². The molecular weight excluding hydrogens is 242 g/mol. The molecular formula is C14H13N3S. The van der Waals surface area contributed by atoms with Crippen LogP contribution in [0.15, 0.2) is 41.9 Å². The first-order chi connectivity index (χ1) is 8.75. The molecule has 0 aliphatic carbocycles. The molecule has 3 aromatic rings. The summed E-state index contributed by atoms with van der Waals surface area (Å²) in [6, 6.07) is 9.97. The average Bonchev–Trinajstić information content (AvgIpc) is 2.85. The van der Waals surface area contributed by atoms with Gasteiger partial charge in [-0.1, -0.05) is 6.07 Å². The number of pyridine rings is 2. The van der Waals surface area contributed by atoms with Crippen LogP contribution in [-0.4, -0.2) is 9.97 Å². The summed E-state index contributed by atoms with van der Waals surface area (Å²) in [6.45, 7) is 1.97. The molecule has 0 spiro atoms. The van der Waals surface area contributed by atoms with Gasteiger partial charge in [0.15, 0.2) is 0 Å². The number of thiophene rings is 1. The predicted octanol–water partition coefficient (Wildman–Crippen LogP) is 3.38. The van der Waals surface area contributed by atoms with E-state index in [9.17, 15) is 0 Å². The van der Waals surface area contributed by atoms with Crippen molar-refractivity contribution in [3.05, 3.63) is 47.5 Å². The monoisotopic (exact) mass is 255 g/mol. The van der Waals surface area contributed by atoms with Gasteiger partial charge in [-0.15, -0.1) is 11.3 Å². The van der Waals surface area contributed by atoms with Gasteiger partial charge in [0, 0.05) is 17.6 Å². The summed E-state index contributed by atoms with van der Waals surface area (Å²) in [4.78, 5) is 10.1. The maximum Gasteiger partial charge on any atom is 0.124 e. The second-order valence-corrected chi connectivity index (χ2v) is 5.14. The Bertz CT molecular complexity index is 674.